The minimum Gasteiger partial charge on any atom is -0.480 e. The lowest BCUT2D eigenvalue weighted by Crippen LogP contribution is -2.44. The first-order valence-corrected chi connectivity index (χ1v) is 8.80. The number of hydrogen-bond donors (Lipinski definition) is 2. The average Bonchev–Trinajstić information content (AvgIpc) is 2.65. The van der Waals surface area contributed by atoms with Gasteiger partial charge in [-0.15, -0.1) is 0 Å². The monoisotopic (exact) mass is 354 g/mol. The van der Waals surface area contributed by atoms with Crippen molar-refractivity contribution in [1.29, 1.82) is 0 Å². The van der Waals surface area contributed by atoms with Gasteiger partial charge in [-0.2, -0.15) is 0 Å². The number of hydrogen-bond acceptors (Lipinski definition) is 3. The Labute approximate surface area is 151 Å². The van der Waals surface area contributed by atoms with Crippen molar-refractivity contribution >= 4 is 11.9 Å². The van der Waals surface area contributed by atoms with Gasteiger partial charge < -0.3 is 15.0 Å². The molecule has 1 aromatic heterocycles. The molecule has 26 heavy (non-hydrogen) atoms. The Hall–Kier alpha value is -2.89. The van der Waals surface area contributed by atoms with Crippen LogP contribution in [0.2, 0.25) is 0 Å². The van der Waals surface area contributed by atoms with Gasteiger partial charge in [-0.3, -0.25) is 9.59 Å². The number of rotatable bonds is 5. The number of nitrogens with zero attached hydrogens (tertiary/aromatic N) is 1. The highest BCUT2D eigenvalue weighted by Crippen LogP contribution is 2.20. The number of carbonyl (C=O) groups excluding carboxylic acids is 1. The van der Waals surface area contributed by atoms with E-state index in [2.05, 4.69) is 4.98 Å². The molecule has 2 N–H and O–H groups in total. The number of aromatic amines is 1. The lowest BCUT2D eigenvalue weighted by atomic mass is 9.94. The molecule has 0 fully saturated rings. The van der Waals surface area contributed by atoms with E-state index in [0.717, 1.165) is 42.5 Å². The third kappa shape index (κ3) is 3.69. The summed E-state index contributed by atoms with van der Waals surface area (Å²) in [5, 5.41) is 9.41. The highest BCUT2D eigenvalue weighted by atomic mass is 16.4. The maximum absolute atomic E-state index is 13.0. The Kier molecular flexibility index (Phi) is 5.21. The van der Waals surface area contributed by atoms with Crippen molar-refractivity contribution in [2.45, 2.75) is 45.2 Å². The zero-order chi connectivity index (χ0) is 18.7. The fraction of sp³-hybridized carbons (Fsp3) is 0.350. The van der Waals surface area contributed by atoms with Crippen LogP contribution in [-0.4, -0.2) is 32.9 Å². The summed E-state index contributed by atoms with van der Waals surface area (Å²) in [5.41, 5.74) is 2.23. The molecule has 1 unspecified atom stereocenters. The minimum absolute atomic E-state index is 0.00896. The SMILES string of the molecule is CC(C(=O)O)N(Cc1ccccc1)C(=O)c1cc2c([nH]c1=O)CCCC2. The van der Waals surface area contributed by atoms with E-state index < -0.39 is 23.5 Å². The van der Waals surface area contributed by atoms with E-state index in [9.17, 15) is 19.5 Å². The van der Waals surface area contributed by atoms with Crippen LogP contribution in [0.4, 0.5) is 0 Å². The van der Waals surface area contributed by atoms with Crippen molar-refractivity contribution in [2.24, 2.45) is 0 Å². The average molecular weight is 354 g/mol. The Morgan fingerprint density at radius 1 is 1.19 bits per heavy atom. The molecule has 1 atom stereocenters. The van der Waals surface area contributed by atoms with Gasteiger partial charge in [-0.05, 0) is 49.8 Å². The quantitative estimate of drug-likeness (QED) is 0.862. The van der Waals surface area contributed by atoms with Gasteiger partial charge in [-0.1, -0.05) is 30.3 Å². The summed E-state index contributed by atoms with van der Waals surface area (Å²) in [5.74, 6) is -1.66. The van der Waals surface area contributed by atoms with E-state index in [-0.39, 0.29) is 12.1 Å². The second-order valence-corrected chi connectivity index (χ2v) is 6.66. The number of benzene rings is 1. The Bertz CT molecular complexity index is 873. The predicted molar refractivity (Wildman–Crippen MR) is 97.1 cm³/mol. The molecular weight excluding hydrogens is 332 g/mol. The van der Waals surface area contributed by atoms with Gasteiger partial charge in [0.05, 0.1) is 0 Å². The molecule has 6 heteroatoms. The Morgan fingerprint density at radius 2 is 1.88 bits per heavy atom. The molecule has 0 saturated carbocycles. The van der Waals surface area contributed by atoms with Gasteiger partial charge in [-0.25, -0.2) is 4.79 Å². The van der Waals surface area contributed by atoms with E-state index >= 15 is 0 Å². The van der Waals surface area contributed by atoms with Gasteiger partial charge in [0, 0.05) is 12.2 Å². The fourth-order valence-corrected chi connectivity index (χ4v) is 3.29. The van der Waals surface area contributed by atoms with Gasteiger partial charge in [0.25, 0.3) is 11.5 Å². The molecule has 3 rings (SSSR count). The molecule has 0 aliphatic heterocycles. The van der Waals surface area contributed by atoms with Crippen LogP contribution in [0.1, 0.15) is 46.9 Å². The van der Waals surface area contributed by atoms with Gasteiger partial charge >= 0.3 is 5.97 Å². The Balaban J connectivity index is 1.97. The second kappa shape index (κ2) is 7.56. The molecule has 136 valence electrons. The molecule has 2 aromatic rings. The van der Waals surface area contributed by atoms with Crippen LogP contribution in [0.15, 0.2) is 41.2 Å². The lowest BCUT2D eigenvalue weighted by Gasteiger charge is -2.27. The van der Waals surface area contributed by atoms with Crippen LogP contribution in [-0.2, 0) is 24.2 Å². The highest BCUT2D eigenvalue weighted by Gasteiger charge is 2.29. The topological polar surface area (TPSA) is 90.5 Å². The van der Waals surface area contributed by atoms with Crippen molar-refractivity contribution in [1.82, 2.24) is 9.88 Å². The van der Waals surface area contributed by atoms with E-state index in [4.69, 9.17) is 0 Å². The molecular formula is C20H22N2O4. The maximum atomic E-state index is 13.0. The van der Waals surface area contributed by atoms with Crippen LogP contribution in [0.5, 0.6) is 0 Å². The summed E-state index contributed by atoms with van der Waals surface area (Å²) in [6, 6.07) is 9.76. The molecule has 1 amide bonds. The van der Waals surface area contributed by atoms with Crippen molar-refractivity contribution < 1.29 is 14.7 Å². The third-order valence-corrected chi connectivity index (χ3v) is 4.85. The van der Waals surface area contributed by atoms with Gasteiger partial charge in [0.15, 0.2) is 0 Å². The number of amides is 1. The van der Waals surface area contributed by atoms with E-state index in [0.29, 0.717) is 0 Å². The number of aromatic nitrogens is 1. The first kappa shape index (κ1) is 17.9. The molecule has 1 aliphatic rings. The number of aliphatic carboxylic acids is 1. The van der Waals surface area contributed by atoms with Crippen molar-refractivity contribution in [3.05, 3.63) is 69.1 Å². The second-order valence-electron chi connectivity index (χ2n) is 6.66. The van der Waals surface area contributed by atoms with Crippen LogP contribution in [0, 0.1) is 0 Å². The van der Waals surface area contributed by atoms with Crippen LogP contribution < -0.4 is 5.56 Å². The standard InChI is InChI=1S/C20H22N2O4/c1-13(20(25)26)22(12-14-7-3-2-4-8-14)19(24)16-11-15-9-5-6-10-17(15)21-18(16)23/h2-4,7-8,11,13H,5-6,9-10,12H2,1H3,(H,21,23)(H,25,26). The number of nitrogens with one attached hydrogen (secondary N) is 1. The summed E-state index contributed by atoms with van der Waals surface area (Å²) in [7, 11) is 0. The third-order valence-electron chi connectivity index (χ3n) is 4.85. The largest absolute Gasteiger partial charge is 0.480 e. The number of aryl methyl sites for hydroxylation is 2. The van der Waals surface area contributed by atoms with Gasteiger partial charge in [0.2, 0.25) is 0 Å². The van der Waals surface area contributed by atoms with Crippen molar-refractivity contribution in [3.8, 4) is 0 Å². The molecule has 0 bridgehead atoms. The lowest BCUT2D eigenvalue weighted by molar-refractivity contribution is -0.141. The summed E-state index contributed by atoms with van der Waals surface area (Å²) >= 11 is 0. The molecule has 1 aromatic carbocycles. The summed E-state index contributed by atoms with van der Waals surface area (Å²) in [6.07, 6.45) is 3.66. The Morgan fingerprint density at radius 3 is 2.58 bits per heavy atom. The van der Waals surface area contributed by atoms with Crippen molar-refractivity contribution in [3.63, 3.8) is 0 Å². The predicted octanol–water partition coefficient (Wildman–Crippen LogP) is 2.37. The number of carboxylic acid groups (broad SMARTS) is 1. The van der Waals surface area contributed by atoms with Crippen LogP contribution >= 0.6 is 0 Å². The summed E-state index contributed by atoms with van der Waals surface area (Å²) < 4.78 is 0. The minimum atomic E-state index is -1.11. The number of pyridine rings is 1. The van der Waals surface area contributed by atoms with Crippen LogP contribution in [0.3, 0.4) is 0 Å². The number of carboxylic acids is 1. The van der Waals surface area contributed by atoms with E-state index in [1.807, 2.05) is 30.3 Å². The fourth-order valence-electron chi connectivity index (χ4n) is 3.29. The summed E-state index contributed by atoms with van der Waals surface area (Å²) in [4.78, 5) is 41.0. The smallest absolute Gasteiger partial charge is 0.326 e. The first-order chi connectivity index (χ1) is 12.5. The van der Waals surface area contributed by atoms with E-state index in [1.54, 1.807) is 6.07 Å². The first-order valence-electron chi connectivity index (χ1n) is 8.80. The highest BCUT2D eigenvalue weighted by molar-refractivity contribution is 5.96. The molecule has 6 nitrogen and oxygen atoms in total. The summed E-state index contributed by atoms with van der Waals surface area (Å²) in [6.45, 7) is 1.58. The molecule has 0 saturated heterocycles. The zero-order valence-electron chi connectivity index (χ0n) is 14.7. The molecule has 1 heterocycles. The normalized spacial score (nSPS) is 14.3. The molecule has 0 radical (unpaired) electrons. The van der Waals surface area contributed by atoms with E-state index in [1.165, 1.54) is 11.8 Å². The number of H-pyrrole nitrogens is 1. The van der Waals surface area contributed by atoms with Gasteiger partial charge in [0.1, 0.15) is 11.6 Å². The zero-order valence-corrected chi connectivity index (χ0v) is 14.7. The molecule has 0 spiro atoms. The van der Waals surface area contributed by atoms with Crippen molar-refractivity contribution in [2.75, 3.05) is 0 Å². The maximum Gasteiger partial charge on any atom is 0.326 e. The van der Waals surface area contributed by atoms with Crippen LogP contribution in [0.25, 0.3) is 0 Å². The number of fused-ring (bicyclic) bond motifs is 1. The molecule has 1 aliphatic carbocycles. The number of carbonyl (C=O) groups is 2.